The summed E-state index contributed by atoms with van der Waals surface area (Å²) in [7, 11) is 0. The lowest BCUT2D eigenvalue weighted by atomic mass is 9.96. The lowest BCUT2D eigenvalue weighted by Gasteiger charge is -2.26. The van der Waals surface area contributed by atoms with Crippen molar-refractivity contribution in [3.8, 4) is 0 Å². The van der Waals surface area contributed by atoms with Crippen LogP contribution in [0.1, 0.15) is 40.5 Å². The first-order valence-electron chi connectivity index (χ1n) is 5.22. The molecule has 1 nitrogen and oxygen atoms in total. The molecule has 1 aliphatic carbocycles. The molecule has 14 heavy (non-hydrogen) atoms. The van der Waals surface area contributed by atoms with Crippen molar-refractivity contribution >= 4 is 0 Å². The quantitative estimate of drug-likeness (QED) is 0.703. The van der Waals surface area contributed by atoms with Gasteiger partial charge in [-0.25, -0.2) is 0 Å². The van der Waals surface area contributed by atoms with Crippen LogP contribution in [0.5, 0.6) is 0 Å². The fourth-order valence-electron chi connectivity index (χ4n) is 1.53. The molecule has 1 heteroatoms. The zero-order valence-electron chi connectivity index (χ0n) is 9.78. The Kier molecular flexibility index (Phi) is 3.20. The molecule has 0 radical (unpaired) electrons. The van der Waals surface area contributed by atoms with E-state index in [4.69, 9.17) is 0 Å². The van der Waals surface area contributed by atoms with Crippen LogP contribution in [0.15, 0.2) is 35.6 Å². The minimum Gasteiger partial charge on any atom is -0.381 e. The first kappa shape index (κ1) is 11.1. The van der Waals surface area contributed by atoms with Gasteiger partial charge in [0.1, 0.15) is 0 Å². The average molecular weight is 191 g/mol. The van der Waals surface area contributed by atoms with Gasteiger partial charge < -0.3 is 5.32 Å². The second-order valence-electron chi connectivity index (χ2n) is 5.06. The van der Waals surface area contributed by atoms with Crippen molar-refractivity contribution in [2.45, 2.75) is 46.1 Å². The number of rotatable bonds is 2. The van der Waals surface area contributed by atoms with Gasteiger partial charge in [0.25, 0.3) is 0 Å². The van der Waals surface area contributed by atoms with Crippen LogP contribution in [0.4, 0.5) is 0 Å². The average Bonchev–Trinajstić information content (AvgIpc) is 2.02. The Morgan fingerprint density at radius 2 is 1.93 bits per heavy atom. The summed E-state index contributed by atoms with van der Waals surface area (Å²) in [5.41, 5.74) is 3.97. The zero-order valence-corrected chi connectivity index (χ0v) is 9.78. The lowest BCUT2D eigenvalue weighted by molar-refractivity contribution is 0.475. The van der Waals surface area contributed by atoms with Gasteiger partial charge >= 0.3 is 0 Å². The van der Waals surface area contributed by atoms with Crippen molar-refractivity contribution in [2.24, 2.45) is 0 Å². The highest BCUT2D eigenvalue weighted by Gasteiger charge is 2.13. The Balaban J connectivity index is 2.63. The van der Waals surface area contributed by atoms with Gasteiger partial charge in [-0.1, -0.05) is 24.3 Å². The molecule has 0 bridgehead atoms. The van der Waals surface area contributed by atoms with E-state index < -0.39 is 0 Å². The molecule has 0 aromatic carbocycles. The summed E-state index contributed by atoms with van der Waals surface area (Å²) in [4.78, 5) is 0. The molecule has 0 spiro atoms. The van der Waals surface area contributed by atoms with Crippen LogP contribution in [-0.4, -0.2) is 5.54 Å². The zero-order chi connectivity index (χ0) is 10.8. The van der Waals surface area contributed by atoms with Crippen molar-refractivity contribution in [3.63, 3.8) is 0 Å². The monoisotopic (exact) mass is 191 g/mol. The molecule has 1 rings (SSSR count). The van der Waals surface area contributed by atoms with Crippen LogP contribution in [0.2, 0.25) is 0 Å². The maximum atomic E-state index is 4.08. The molecule has 0 unspecified atom stereocenters. The lowest BCUT2D eigenvalue weighted by Crippen LogP contribution is -2.35. The van der Waals surface area contributed by atoms with Crippen molar-refractivity contribution in [1.29, 1.82) is 0 Å². The van der Waals surface area contributed by atoms with E-state index in [-0.39, 0.29) is 5.54 Å². The minimum absolute atomic E-state index is 0.105. The maximum Gasteiger partial charge on any atom is 0.0303 e. The third kappa shape index (κ3) is 3.41. The summed E-state index contributed by atoms with van der Waals surface area (Å²) in [6.07, 6.45) is 6.65. The predicted octanol–water partition coefficient (Wildman–Crippen LogP) is 3.55. The molecular weight excluding hydrogens is 170 g/mol. The fraction of sp³-hybridized carbons (Fsp3) is 0.538. The van der Waals surface area contributed by atoms with Crippen molar-refractivity contribution in [3.05, 3.63) is 35.6 Å². The summed E-state index contributed by atoms with van der Waals surface area (Å²) in [6.45, 7) is 12.7. The van der Waals surface area contributed by atoms with Crippen LogP contribution in [-0.2, 0) is 0 Å². The van der Waals surface area contributed by atoms with E-state index in [1.807, 2.05) is 0 Å². The molecular formula is C13H21N. The molecule has 1 aliphatic rings. The second kappa shape index (κ2) is 4.04. The summed E-state index contributed by atoms with van der Waals surface area (Å²) < 4.78 is 0. The Bertz CT molecular complexity index is 287. The van der Waals surface area contributed by atoms with E-state index >= 15 is 0 Å². The molecule has 0 atom stereocenters. The van der Waals surface area contributed by atoms with E-state index in [1.54, 1.807) is 0 Å². The van der Waals surface area contributed by atoms with Crippen LogP contribution in [0.25, 0.3) is 0 Å². The Hall–Kier alpha value is -0.980. The molecule has 78 valence electrons. The van der Waals surface area contributed by atoms with Crippen LogP contribution < -0.4 is 5.32 Å². The molecule has 0 amide bonds. The number of allylic oxidation sites excluding steroid dienone is 4. The highest BCUT2D eigenvalue weighted by Crippen LogP contribution is 2.22. The van der Waals surface area contributed by atoms with E-state index in [9.17, 15) is 0 Å². The largest absolute Gasteiger partial charge is 0.381 e. The third-order valence-corrected chi connectivity index (χ3v) is 2.27. The maximum absolute atomic E-state index is 4.08. The van der Waals surface area contributed by atoms with E-state index in [1.165, 1.54) is 11.1 Å². The third-order valence-electron chi connectivity index (χ3n) is 2.27. The Morgan fingerprint density at radius 1 is 1.29 bits per heavy atom. The standard InChI is InChI=1S/C13H21N/c1-10-6-8-12(9-7-10)11(2)14-13(3,4)5/h6,8,14H,2,7,9H2,1,3-5H3. The van der Waals surface area contributed by atoms with Gasteiger partial charge in [-0.05, 0) is 46.1 Å². The van der Waals surface area contributed by atoms with Crippen molar-refractivity contribution in [2.75, 3.05) is 0 Å². The predicted molar refractivity (Wildman–Crippen MR) is 63.1 cm³/mol. The summed E-state index contributed by atoms with van der Waals surface area (Å²) in [6, 6.07) is 0. The summed E-state index contributed by atoms with van der Waals surface area (Å²) in [5, 5.41) is 3.41. The van der Waals surface area contributed by atoms with E-state index in [0.29, 0.717) is 0 Å². The topological polar surface area (TPSA) is 12.0 Å². The molecule has 0 aliphatic heterocycles. The van der Waals surface area contributed by atoms with Crippen molar-refractivity contribution in [1.82, 2.24) is 5.32 Å². The van der Waals surface area contributed by atoms with Gasteiger partial charge in [0.15, 0.2) is 0 Å². The first-order valence-corrected chi connectivity index (χ1v) is 5.22. The van der Waals surface area contributed by atoms with Gasteiger partial charge in [0, 0.05) is 11.2 Å². The molecule has 0 fully saturated rings. The number of hydrogen-bond donors (Lipinski definition) is 1. The van der Waals surface area contributed by atoms with E-state index in [2.05, 4.69) is 51.7 Å². The second-order valence-corrected chi connectivity index (χ2v) is 5.06. The summed E-state index contributed by atoms with van der Waals surface area (Å²) in [5.74, 6) is 0. The molecule has 0 saturated carbocycles. The first-order chi connectivity index (χ1) is 6.38. The normalized spacial score (nSPS) is 17.1. The Morgan fingerprint density at radius 3 is 2.36 bits per heavy atom. The van der Waals surface area contributed by atoms with Crippen LogP contribution >= 0.6 is 0 Å². The number of nitrogens with one attached hydrogen (secondary N) is 1. The SMILES string of the molecule is C=C(NC(C)(C)C)C1=CC=C(C)CC1. The van der Waals surface area contributed by atoms with Crippen LogP contribution in [0, 0.1) is 0 Å². The fourth-order valence-corrected chi connectivity index (χ4v) is 1.53. The molecule has 0 aromatic heterocycles. The molecule has 1 N–H and O–H groups in total. The smallest absolute Gasteiger partial charge is 0.0303 e. The molecule has 0 aromatic rings. The highest BCUT2D eigenvalue weighted by atomic mass is 15.0. The number of hydrogen-bond acceptors (Lipinski definition) is 1. The minimum atomic E-state index is 0.105. The van der Waals surface area contributed by atoms with Crippen molar-refractivity contribution < 1.29 is 0 Å². The van der Waals surface area contributed by atoms with Gasteiger partial charge in [-0.3, -0.25) is 0 Å². The molecule has 0 saturated heterocycles. The summed E-state index contributed by atoms with van der Waals surface area (Å²) >= 11 is 0. The van der Waals surface area contributed by atoms with Gasteiger partial charge in [-0.2, -0.15) is 0 Å². The molecule has 0 heterocycles. The van der Waals surface area contributed by atoms with Crippen LogP contribution in [0.3, 0.4) is 0 Å². The van der Waals surface area contributed by atoms with Gasteiger partial charge in [0.05, 0.1) is 0 Å². The highest BCUT2D eigenvalue weighted by molar-refractivity contribution is 5.35. The van der Waals surface area contributed by atoms with E-state index in [0.717, 1.165) is 18.5 Å². The van der Waals surface area contributed by atoms with Gasteiger partial charge in [-0.15, -0.1) is 0 Å². The Labute approximate surface area is 87.6 Å². The van der Waals surface area contributed by atoms with Gasteiger partial charge in [0.2, 0.25) is 0 Å².